The van der Waals surface area contributed by atoms with Crippen molar-refractivity contribution >= 4 is 5.97 Å². The molecule has 0 saturated heterocycles. The Morgan fingerprint density at radius 3 is 2.94 bits per heavy atom. The van der Waals surface area contributed by atoms with E-state index in [2.05, 4.69) is 10.2 Å². The Bertz CT molecular complexity index is 384. The van der Waals surface area contributed by atoms with E-state index in [4.69, 9.17) is 4.74 Å². The first-order valence-corrected chi connectivity index (χ1v) is 5.32. The largest absolute Gasteiger partial charge is 0.479 e. The lowest BCUT2D eigenvalue weighted by atomic mass is 9.76. The summed E-state index contributed by atoms with van der Waals surface area (Å²) in [5, 5.41) is 17.1. The summed E-state index contributed by atoms with van der Waals surface area (Å²) in [5.74, 6) is -0.110. The van der Waals surface area contributed by atoms with Gasteiger partial charge in [-0.25, -0.2) is 4.79 Å². The van der Waals surface area contributed by atoms with Gasteiger partial charge in [0.2, 0.25) is 0 Å². The van der Waals surface area contributed by atoms with Crippen molar-refractivity contribution in [3.8, 4) is 0 Å². The molecule has 0 aliphatic heterocycles. The molecule has 1 aromatic heterocycles. The molecule has 1 saturated carbocycles. The van der Waals surface area contributed by atoms with Crippen LogP contribution in [0.25, 0.3) is 0 Å². The first kappa shape index (κ1) is 11.1. The van der Waals surface area contributed by atoms with Gasteiger partial charge in [-0.05, 0) is 19.3 Å². The lowest BCUT2D eigenvalue weighted by molar-refractivity contribution is -0.152. The van der Waals surface area contributed by atoms with E-state index >= 15 is 0 Å². The normalized spacial score (nSPS) is 18.1. The standard InChI is InChI=1S/C10H15N3O3/c1-16-6-3-8-12-11-7-13(8)10(9(14)15)4-2-5-10/h7H,2-6H2,1H3,(H,14,15). The number of aliphatic carboxylic acids is 1. The van der Waals surface area contributed by atoms with E-state index in [-0.39, 0.29) is 0 Å². The highest BCUT2D eigenvalue weighted by atomic mass is 16.5. The minimum absolute atomic E-state index is 0.522. The van der Waals surface area contributed by atoms with Crippen LogP contribution in [0.2, 0.25) is 0 Å². The Kier molecular flexibility index (Phi) is 2.91. The van der Waals surface area contributed by atoms with Crippen LogP contribution in [-0.4, -0.2) is 39.6 Å². The number of methoxy groups -OCH3 is 1. The summed E-state index contributed by atoms with van der Waals surface area (Å²) >= 11 is 0. The van der Waals surface area contributed by atoms with Gasteiger partial charge < -0.3 is 14.4 Å². The van der Waals surface area contributed by atoms with Crippen molar-refractivity contribution in [2.45, 2.75) is 31.2 Å². The molecule has 0 atom stereocenters. The number of nitrogens with zero attached hydrogens (tertiary/aromatic N) is 3. The molecule has 1 heterocycles. The summed E-state index contributed by atoms with van der Waals surface area (Å²) in [6.45, 7) is 0.522. The number of ether oxygens (including phenoxy) is 1. The highest BCUT2D eigenvalue weighted by Crippen LogP contribution is 2.39. The van der Waals surface area contributed by atoms with E-state index in [9.17, 15) is 9.90 Å². The summed E-state index contributed by atoms with van der Waals surface area (Å²) in [6, 6.07) is 0. The van der Waals surface area contributed by atoms with Crippen LogP contribution in [0.5, 0.6) is 0 Å². The van der Waals surface area contributed by atoms with Gasteiger partial charge in [0.25, 0.3) is 0 Å². The average molecular weight is 225 g/mol. The molecule has 6 heteroatoms. The number of carboxylic acids is 1. The lowest BCUT2D eigenvalue weighted by Gasteiger charge is -2.39. The van der Waals surface area contributed by atoms with Crippen molar-refractivity contribution in [2.24, 2.45) is 0 Å². The molecule has 88 valence electrons. The molecule has 16 heavy (non-hydrogen) atoms. The molecule has 6 nitrogen and oxygen atoms in total. The minimum Gasteiger partial charge on any atom is -0.479 e. The number of carbonyl (C=O) groups is 1. The monoisotopic (exact) mass is 225 g/mol. The molecule has 1 aromatic rings. The maximum atomic E-state index is 11.3. The summed E-state index contributed by atoms with van der Waals surface area (Å²) in [7, 11) is 1.61. The quantitative estimate of drug-likeness (QED) is 0.786. The van der Waals surface area contributed by atoms with Crippen LogP contribution in [0.4, 0.5) is 0 Å². The first-order chi connectivity index (χ1) is 7.70. The van der Waals surface area contributed by atoms with Crippen molar-refractivity contribution < 1.29 is 14.6 Å². The number of rotatable bonds is 5. The topological polar surface area (TPSA) is 77.2 Å². The maximum Gasteiger partial charge on any atom is 0.329 e. The van der Waals surface area contributed by atoms with Crippen LogP contribution >= 0.6 is 0 Å². The van der Waals surface area contributed by atoms with Crippen molar-refractivity contribution in [3.63, 3.8) is 0 Å². The van der Waals surface area contributed by atoms with Crippen LogP contribution in [-0.2, 0) is 21.5 Å². The smallest absolute Gasteiger partial charge is 0.329 e. The van der Waals surface area contributed by atoms with Gasteiger partial charge >= 0.3 is 5.97 Å². The van der Waals surface area contributed by atoms with Crippen LogP contribution in [0.1, 0.15) is 25.1 Å². The van der Waals surface area contributed by atoms with Crippen LogP contribution in [0, 0.1) is 0 Å². The van der Waals surface area contributed by atoms with Crippen molar-refractivity contribution in [1.82, 2.24) is 14.8 Å². The second-order valence-corrected chi connectivity index (χ2v) is 4.05. The fraction of sp³-hybridized carbons (Fsp3) is 0.700. The number of aromatic nitrogens is 3. The molecule has 1 N–H and O–H groups in total. The molecular formula is C10H15N3O3. The van der Waals surface area contributed by atoms with E-state index < -0.39 is 11.5 Å². The first-order valence-electron chi connectivity index (χ1n) is 5.32. The van der Waals surface area contributed by atoms with Crippen molar-refractivity contribution in [3.05, 3.63) is 12.2 Å². The predicted molar refractivity (Wildman–Crippen MR) is 55.1 cm³/mol. The van der Waals surface area contributed by atoms with Crippen LogP contribution < -0.4 is 0 Å². The maximum absolute atomic E-state index is 11.3. The minimum atomic E-state index is -0.813. The van der Waals surface area contributed by atoms with Crippen molar-refractivity contribution in [1.29, 1.82) is 0 Å². The van der Waals surface area contributed by atoms with Crippen LogP contribution in [0.3, 0.4) is 0 Å². The number of hydrogen-bond acceptors (Lipinski definition) is 4. The summed E-state index contributed by atoms with van der Waals surface area (Å²) in [6.07, 6.45) is 4.35. The van der Waals surface area contributed by atoms with Gasteiger partial charge in [0.15, 0.2) is 0 Å². The molecule has 0 radical (unpaired) electrons. The van der Waals surface area contributed by atoms with Gasteiger partial charge in [-0.15, -0.1) is 10.2 Å². The number of carboxylic acid groups (broad SMARTS) is 1. The zero-order valence-corrected chi connectivity index (χ0v) is 9.22. The Morgan fingerprint density at radius 1 is 1.69 bits per heavy atom. The summed E-state index contributed by atoms with van der Waals surface area (Å²) < 4.78 is 6.66. The average Bonchev–Trinajstić information content (AvgIpc) is 2.61. The van der Waals surface area contributed by atoms with Gasteiger partial charge in [0.05, 0.1) is 6.61 Å². The molecule has 0 bridgehead atoms. The van der Waals surface area contributed by atoms with E-state index in [1.165, 1.54) is 6.33 Å². The predicted octanol–water partition coefficient (Wildman–Crippen LogP) is 0.431. The zero-order valence-electron chi connectivity index (χ0n) is 9.22. The molecule has 2 rings (SSSR count). The van der Waals surface area contributed by atoms with E-state index in [0.717, 1.165) is 6.42 Å². The third kappa shape index (κ3) is 1.59. The van der Waals surface area contributed by atoms with E-state index in [0.29, 0.717) is 31.7 Å². The number of hydrogen-bond donors (Lipinski definition) is 1. The summed E-state index contributed by atoms with van der Waals surface area (Å²) in [5.41, 5.74) is -0.813. The third-order valence-electron chi connectivity index (χ3n) is 3.19. The molecule has 0 amide bonds. The molecule has 1 fully saturated rings. The second kappa shape index (κ2) is 4.21. The van der Waals surface area contributed by atoms with Gasteiger partial charge in [-0.1, -0.05) is 0 Å². The molecule has 0 aromatic carbocycles. The Balaban J connectivity index is 2.25. The molecule has 1 aliphatic rings. The fourth-order valence-electron chi connectivity index (χ4n) is 2.05. The van der Waals surface area contributed by atoms with Gasteiger partial charge in [0.1, 0.15) is 17.7 Å². The molecule has 0 unspecified atom stereocenters. The Morgan fingerprint density at radius 2 is 2.44 bits per heavy atom. The van der Waals surface area contributed by atoms with Gasteiger partial charge in [-0.2, -0.15) is 0 Å². The van der Waals surface area contributed by atoms with Gasteiger partial charge in [0, 0.05) is 13.5 Å². The Labute approximate surface area is 93.2 Å². The SMILES string of the molecule is COCCc1nncn1C1(C(=O)O)CCC1. The van der Waals surface area contributed by atoms with E-state index in [1.807, 2.05) is 0 Å². The molecular weight excluding hydrogens is 210 g/mol. The van der Waals surface area contributed by atoms with E-state index in [1.54, 1.807) is 11.7 Å². The highest BCUT2D eigenvalue weighted by Gasteiger charge is 2.47. The highest BCUT2D eigenvalue weighted by molar-refractivity contribution is 5.78. The fourth-order valence-corrected chi connectivity index (χ4v) is 2.05. The Hall–Kier alpha value is -1.43. The second-order valence-electron chi connectivity index (χ2n) is 4.05. The van der Waals surface area contributed by atoms with Crippen molar-refractivity contribution in [2.75, 3.05) is 13.7 Å². The lowest BCUT2D eigenvalue weighted by Crippen LogP contribution is -2.48. The third-order valence-corrected chi connectivity index (χ3v) is 3.19. The van der Waals surface area contributed by atoms with Gasteiger partial charge in [-0.3, -0.25) is 0 Å². The zero-order chi connectivity index (χ0) is 11.6. The summed E-state index contributed by atoms with van der Waals surface area (Å²) in [4.78, 5) is 11.3. The molecule has 1 aliphatic carbocycles. The van der Waals surface area contributed by atoms with Crippen LogP contribution in [0.15, 0.2) is 6.33 Å². The molecule has 0 spiro atoms.